The third-order valence-electron chi connectivity index (χ3n) is 2.73. The van der Waals surface area contributed by atoms with Crippen molar-refractivity contribution in [2.24, 2.45) is 7.05 Å². The molecular formula is C12H13F3N4O. The van der Waals surface area contributed by atoms with Crippen LogP contribution in [0, 0.1) is 6.92 Å². The van der Waals surface area contributed by atoms with E-state index >= 15 is 0 Å². The number of hydrogen-bond donors (Lipinski definition) is 1. The molecule has 20 heavy (non-hydrogen) atoms. The van der Waals surface area contributed by atoms with E-state index in [2.05, 4.69) is 20.3 Å². The van der Waals surface area contributed by atoms with Gasteiger partial charge in [-0.05, 0) is 19.1 Å². The minimum atomic E-state index is -4.72. The highest BCUT2D eigenvalue weighted by Crippen LogP contribution is 2.30. The van der Waals surface area contributed by atoms with Gasteiger partial charge in [0.2, 0.25) is 0 Å². The van der Waals surface area contributed by atoms with Crippen LogP contribution in [0.2, 0.25) is 0 Å². The van der Waals surface area contributed by atoms with Gasteiger partial charge < -0.3 is 14.6 Å². The molecule has 0 saturated heterocycles. The summed E-state index contributed by atoms with van der Waals surface area (Å²) in [5.41, 5.74) is 0.241. The van der Waals surface area contributed by atoms with Crippen molar-refractivity contribution in [3.05, 3.63) is 35.9 Å². The van der Waals surface area contributed by atoms with Gasteiger partial charge in [0.1, 0.15) is 5.82 Å². The van der Waals surface area contributed by atoms with Crippen molar-refractivity contribution in [2.75, 3.05) is 5.32 Å². The number of anilines is 1. The van der Waals surface area contributed by atoms with Crippen LogP contribution in [0.5, 0.6) is 5.75 Å². The summed E-state index contributed by atoms with van der Waals surface area (Å²) in [7, 11) is 1.78. The number of aromatic nitrogens is 3. The summed E-state index contributed by atoms with van der Waals surface area (Å²) in [6.45, 7) is 2.03. The van der Waals surface area contributed by atoms with Crippen LogP contribution in [0.15, 0.2) is 24.3 Å². The molecule has 8 heteroatoms. The Morgan fingerprint density at radius 3 is 2.55 bits per heavy atom. The quantitative estimate of drug-likeness (QED) is 0.938. The Labute approximate surface area is 113 Å². The van der Waals surface area contributed by atoms with Gasteiger partial charge in [-0.25, -0.2) is 0 Å². The second-order valence-electron chi connectivity index (χ2n) is 4.12. The number of hydrogen-bond acceptors (Lipinski definition) is 4. The van der Waals surface area contributed by atoms with Crippen molar-refractivity contribution < 1.29 is 17.9 Å². The molecule has 1 N–H and O–H groups in total. The van der Waals surface area contributed by atoms with Crippen LogP contribution in [0.25, 0.3) is 0 Å². The summed E-state index contributed by atoms with van der Waals surface area (Å²) < 4.78 is 42.5. The molecule has 0 unspecified atom stereocenters. The predicted octanol–water partition coefficient (Wildman–Crippen LogP) is 2.63. The van der Waals surface area contributed by atoms with E-state index in [-0.39, 0.29) is 18.0 Å². The lowest BCUT2D eigenvalue weighted by atomic mass is 10.3. The van der Waals surface area contributed by atoms with Crippen LogP contribution in [-0.2, 0) is 13.6 Å². The predicted molar refractivity (Wildman–Crippen MR) is 66.2 cm³/mol. The lowest BCUT2D eigenvalue weighted by Gasteiger charge is -2.14. The normalized spacial score (nSPS) is 11.4. The van der Waals surface area contributed by atoms with E-state index in [0.29, 0.717) is 5.82 Å². The number of ether oxygens (including phenoxy) is 1. The molecule has 0 saturated carbocycles. The Morgan fingerprint density at radius 1 is 1.25 bits per heavy atom. The van der Waals surface area contributed by atoms with Crippen molar-refractivity contribution in [2.45, 2.75) is 19.8 Å². The molecule has 0 aliphatic rings. The first kappa shape index (κ1) is 14.2. The van der Waals surface area contributed by atoms with Crippen LogP contribution in [-0.4, -0.2) is 21.1 Å². The van der Waals surface area contributed by atoms with E-state index in [0.717, 1.165) is 5.82 Å². The standard InChI is InChI=1S/C12H13F3N4O/c1-8-17-18-11(19(8)2)7-16-9-5-3-4-6-10(9)20-12(13,14)15/h3-6,16H,7H2,1-2H3. The van der Waals surface area contributed by atoms with Crippen molar-refractivity contribution in [3.63, 3.8) is 0 Å². The van der Waals surface area contributed by atoms with Gasteiger partial charge in [-0.3, -0.25) is 0 Å². The molecule has 108 valence electrons. The van der Waals surface area contributed by atoms with Crippen LogP contribution in [0.3, 0.4) is 0 Å². The smallest absolute Gasteiger partial charge is 0.404 e. The molecule has 0 amide bonds. The first-order valence-electron chi connectivity index (χ1n) is 5.80. The van der Waals surface area contributed by atoms with Crippen LogP contribution >= 0.6 is 0 Å². The van der Waals surface area contributed by atoms with Gasteiger partial charge in [0.25, 0.3) is 0 Å². The van der Waals surface area contributed by atoms with Crippen molar-refractivity contribution in [3.8, 4) is 5.75 Å². The first-order chi connectivity index (χ1) is 9.37. The molecular weight excluding hydrogens is 273 g/mol. The Kier molecular flexibility index (Phi) is 3.82. The molecule has 0 spiro atoms. The Bertz CT molecular complexity index is 595. The summed E-state index contributed by atoms with van der Waals surface area (Å²) in [5.74, 6) is 1.06. The summed E-state index contributed by atoms with van der Waals surface area (Å²) in [5, 5.41) is 10.7. The fourth-order valence-electron chi connectivity index (χ4n) is 1.61. The maximum absolute atomic E-state index is 12.3. The average Bonchev–Trinajstić information content (AvgIpc) is 2.67. The highest BCUT2D eigenvalue weighted by atomic mass is 19.4. The number of nitrogens with zero attached hydrogens (tertiary/aromatic N) is 3. The van der Waals surface area contributed by atoms with E-state index in [9.17, 15) is 13.2 Å². The lowest BCUT2D eigenvalue weighted by Crippen LogP contribution is -2.18. The summed E-state index contributed by atoms with van der Waals surface area (Å²) in [6.07, 6.45) is -4.72. The number of rotatable bonds is 4. The minimum Gasteiger partial charge on any atom is -0.404 e. The molecule has 1 heterocycles. The fourth-order valence-corrected chi connectivity index (χ4v) is 1.61. The Morgan fingerprint density at radius 2 is 1.95 bits per heavy atom. The molecule has 1 aromatic carbocycles. The van der Waals surface area contributed by atoms with Crippen molar-refractivity contribution in [1.29, 1.82) is 0 Å². The van der Waals surface area contributed by atoms with Crippen LogP contribution < -0.4 is 10.1 Å². The van der Waals surface area contributed by atoms with Gasteiger partial charge >= 0.3 is 6.36 Å². The third kappa shape index (κ3) is 3.40. The van der Waals surface area contributed by atoms with E-state index in [1.54, 1.807) is 24.6 Å². The highest BCUT2D eigenvalue weighted by molar-refractivity contribution is 5.56. The first-order valence-corrected chi connectivity index (χ1v) is 5.80. The summed E-state index contributed by atoms with van der Waals surface area (Å²) >= 11 is 0. The molecule has 5 nitrogen and oxygen atoms in total. The zero-order valence-electron chi connectivity index (χ0n) is 10.9. The summed E-state index contributed by atoms with van der Waals surface area (Å²) in [6, 6.07) is 5.84. The van der Waals surface area contributed by atoms with E-state index in [1.807, 2.05) is 0 Å². The number of para-hydroxylation sites is 2. The molecule has 0 fully saturated rings. The Balaban J connectivity index is 2.12. The maximum Gasteiger partial charge on any atom is 0.573 e. The van der Waals surface area contributed by atoms with Gasteiger partial charge in [0.15, 0.2) is 11.6 Å². The molecule has 0 aliphatic carbocycles. The summed E-state index contributed by atoms with van der Waals surface area (Å²) in [4.78, 5) is 0. The molecule has 1 aromatic heterocycles. The van der Waals surface area contributed by atoms with Crippen LogP contribution in [0.4, 0.5) is 18.9 Å². The van der Waals surface area contributed by atoms with Gasteiger partial charge in [0, 0.05) is 7.05 Å². The van der Waals surface area contributed by atoms with Gasteiger partial charge in [-0.1, -0.05) is 12.1 Å². The monoisotopic (exact) mass is 286 g/mol. The lowest BCUT2D eigenvalue weighted by molar-refractivity contribution is -0.274. The largest absolute Gasteiger partial charge is 0.573 e. The minimum absolute atomic E-state index is 0.241. The number of aryl methyl sites for hydroxylation is 1. The molecule has 0 radical (unpaired) electrons. The molecule has 2 aromatic rings. The second-order valence-corrected chi connectivity index (χ2v) is 4.12. The molecule has 0 atom stereocenters. The van der Waals surface area contributed by atoms with Gasteiger partial charge in [0.05, 0.1) is 12.2 Å². The topological polar surface area (TPSA) is 52.0 Å². The average molecular weight is 286 g/mol. The van der Waals surface area contributed by atoms with E-state index < -0.39 is 6.36 Å². The molecule has 0 aliphatic heterocycles. The number of alkyl halides is 3. The van der Waals surface area contributed by atoms with Crippen LogP contribution in [0.1, 0.15) is 11.6 Å². The maximum atomic E-state index is 12.3. The molecule has 2 rings (SSSR count). The number of benzene rings is 1. The zero-order valence-corrected chi connectivity index (χ0v) is 10.9. The van der Waals surface area contributed by atoms with Crippen molar-refractivity contribution >= 4 is 5.69 Å². The number of nitrogens with one attached hydrogen (secondary N) is 1. The fraction of sp³-hybridized carbons (Fsp3) is 0.333. The third-order valence-corrected chi connectivity index (χ3v) is 2.73. The van der Waals surface area contributed by atoms with Gasteiger partial charge in [-0.15, -0.1) is 23.4 Å². The van der Waals surface area contributed by atoms with Gasteiger partial charge in [-0.2, -0.15) is 0 Å². The highest BCUT2D eigenvalue weighted by Gasteiger charge is 2.32. The Hall–Kier alpha value is -2.25. The van der Waals surface area contributed by atoms with E-state index in [4.69, 9.17) is 0 Å². The van der Waals surface area contributed by atoms with Crippen molar-refractivity contribution in [1.82, 2.24) is 14.8 Å². The SMILES string of the molecule is Cc1nnc(CNc2ccccc2OC(F)(F)F)n1C. The molecule has 0 bridgehead atoms. The number of halogens is 3. The zero-order chi connectivity index (χ0) is 14.8. The van der Waals surface area contributed by atoms with E-state index in [1.165, 1.54) is 18.2 Å². The second kappa shape index (κ2) is 5.40.